The number of aliphatic hydroxyl groups is 1. The van der Waals surface area contributed by atoms with E-state index in [1.165, 1.54) is 12.1 Å². The molecule has 2 unspecified atom stereocenters. The van der Waals surface area contributed by atoms with Gasteiger partial charge in [-0.15, -0.1) is 0 Å². The third-order valence-electron chi connectivity index (χ3n) is 3.44. The summed E-state index contributed by atoms with van der Waals surface area (Å²) in [4.78, 5) is 23.3. The molecule has 8 nitrogen and oxygen atoms in total. The number of anilines is 1. The molecule has 1 aliphatic heterocycles. The smallest absolute Gasteiger partial charge is 0.335 e. The van der Waals surface area contributed by atoms with Crippen LogP contribution in [0.15, 0.2) is 18.2 Å². The highest BCUT2D eigenvalue weighted by Crippen LogP contribution is 2.32. The molecule has 0 radical (unpaired) electrons. The number of rotatable bonds is 4. The van der Waals surface area contributed by atoms with Crippen molar-refractivity contribution in [3.8, 4) is 0 Å². The average molecular weight is 296 g/mol. The second-order valence-corrected chi connectivity index (χ2v) is 4.91. The Morgan fingerprint density at radius 1 is 1.57 bits per heavy atom. The lowest BCUT2D eigenvalue weighted by Crippen LogP contribution is -2.49. The molecule has 1 saturated heterocycles. The van der Waals surface area contributed by atoms with Gasteiger partial charge in [0.25, 0.3) is 5.69 Å². The maximum absolute atomic E-state index is 11.2. The first-order chi connectivity index (χ1) is 9.93. The van der Waals surface area contributed by atoms with Crippen molar-refractivity contribution in [3.05, 3.63) is 33.9 Å². The Kier molecular flexibility index (Phi) is 4.39. The van der Waals surface area contributed by atoms with Crippen LogP contribution >= 0.6 is 0 Å². The van der Waals surface area contributed by atoms with E-state index in [4.69, 9.17) is 9.84 Å². The standard InChI is InChI=1S/C13H16N2O6/c1-8-7-21-10(6-16)5-14(8)11-3-2-9(13(17)18)4-12(11)15(19)20/h2-4,8,10,16H,5-7H2,1H3,(H,17,18). The van der Waals surface area contributed by atoms with Gasteiger partial charge < -0.3 is 19.8 Å². The molecule has 1 aliphatic rings. The van der Waals surface area contributed by atoms with E-state index in [0.29, 0.717) is 18.8 Å². The fraction of sp³-hybridized carbons (Fsp3) is 0.462. The number of hydrogen-bond acceptors (Lipinski definition) is 6. The van der Waals surface area contributed by atoms with Gasteiger partial charge in [0.1, 0.15) is 5.69 Å². The number of ether oxygens (including phenoxy) is 1. The average Bonchev–Trinajstić information content (AvgIpc) is 2.47. The molecule has 2 rings (SSSR count). The highest BCUT2D eigenvalue weighted by atomic mass is 16.6. The SMILES string of the molecule is CC1COC(CO)CN1c1ccc(C(=O)O)cc1[N+](=O)[O-]. The fourth-order valence-electron chi connectivity index (χ4n) is 2.31. The first-order valence-electron chi connectivity index (χ1n) is 6.45. The zero-order valence-electron chi connectivity index (χ0n) is 11.4. The molecule has 0 bridgehead atoms. The number of carbonyl (C=O) groups is 1. The van der Waals surface area contributed by atoms with Gasteiger partial charge in [0.2, 0.25) is 0 Å². The van der Waals surface area contributed by atoms with Gasteiger partial charge in [0.05, 0.1) is 29.8 Å². The molecule has 114 valence electrons. The molecule has 0 spiro atoms. The highest BCUT2D eigenvalue weighted by Gasteiger charge is 2.30. The van der Waals surface area contributed by atoms with Gasteiger partial charge in [-0.3, -0.25) is 10.1 Å². The lowest BCUT2D eigenvalue weighted by Gasteiger charge is -2.38. The minimum absolute atomic E-state index is 0.109. The van der Waals surface area contributed by atoms with E-state index in [0.717, 1.165) is 6.07 Å². The van der Waals surface area contributed by atoms with Crippen LogP contribution in [0.3, 0.4) is 0 Å². The van der Waals surface area contributed by atoms with E-state index in [1.807, 2.05) is 6.92 Å². The van der Waals surface area contributed by atoms with E-state index in [-0.39, 0.29) is 23.9 Å². The highest BCUT2D eigenvalue weighted by molar-refractivity contribution is 5.89. The normalized spacial score (nSPS) is 22.1. The summed E-state index contributed by atoms with van der Waals surface area (Å²) in [6.45, 7) is 2.32. The van der Waals surface area contributed by atoms with Crippen molar-refractivity contribution in [1.82, 2.24) is 0 Å². The topological polar surface area (TPSA) is 113 Å². The van der Waals surface area contributed by atoms with Gasteiger partial charge in [-0.1, -0.05) is 0 Å². The van der Waals surface area contributed by atoms with Gasteiger partial charge in [0.15, 0.2) is 0 Å². The summed E-state index contributed by atoms with van der Waals surface area (Å²) in [5, 5.41) is 29.3. The summed E-state index contributed by atoms with van der Waals surface area (Å²) >= 11 is 0. The number of carboxylic acid groups (broad SMARTS) is 1. The van der Waals surface area contributed by atoms with Crippen LogP contribution in [-0.4, -0.2) is 53.0 Å². The molecule has 1 aromatic rings. The van der Waals surface area contributed by atoms with E-state index < -0.39 is 17.0 Å². The molecule has 1 heterocycles. The van der Waals surface area contributed by atoms with Crippen LogP contribution in [0.25, 0.3) is 0 Å². The summed E-state index contributed by atoms with van der Waals surface area (Å²) in [5.74, 6) is -1.21. The Hall–Kier alpha value is -2.19. The molecule has 8 heteroatoms. The third-order valence-corrected chi connectivity index (χ3v) is 3.44. The van der Waals surface area contributed by atoms with Crippen molar-refractivity contribution < 1.29 is 24.7 Å². The number of nitrogens with zero attached hydrogens (tertiary/aromatic N) is 2. The van der Waals surface area contributed by atoms with Gasteiger partial charge in [-0.05, 0) is 19.1 Å². The maximum atomic E-state index is 11.2. The number of morpholine rings is 1. The third kappa shape index (κ3) is 3.11. The zero-order valence-corrected chi connectivity index (χ0v) is 11.4. The van der Waals surface area contributed by atoms with Crippen LogP contribution in [0.2, 0.25) is 0 Å². The van der Waals surface area contributed by atoms with Crippen LogP contribution in [0.4, 0.5) is 11.4 Å². The Morgan fingerprint density at radius 2 is 2.29 bits per heavy atom. The molecular weight excluding hydrogens is 280 g/mol. The molecular formula is C13H16N2O6. The summed E-state index contributed by atoms with van der Waals surface area (Å²) < 4.78 is 5.40. The molecule has 0 aliphatic carbocycles. The fourth-order valence-corrected chi connectivity index (χ4v) is 2.31. The minimum Gasteiger partial charge on any atom is -0.478 e. The largest absolute Gasteiger partial charge is 0.478 e. The minimum atomic E-state index is -1.21. The predicted octanol–water partition coefficient (Wildman–Crippen LogP) is 0.879. The number of aromatic carboxylic acids is 1. The summed E-state index contributed by atoms with van der Waals surface area (Å²) in [6, 6.07) is 3.70. The van der Waals surface area contributed by atoms with Gasteiger partial charge >= 0.3 is 5.97 Å². The van der Waals surface area contributed by atoms with Gasteiger partial charge in [-0.2, -0.15) is 0 Å². The van der Waals surface area contributed by atoms with Crippen LogP contribution in [0.1, 0.15) is 17.3 Å². The van der Waals surface area contributed by atoms with E-state index in [2.05, 4.69) is 0 Å². The molecule has 2 atom stereocenters. The van der Waals surface area contributed by atoms with E-state index in [9.17, 15) is 20.0 Å². The number of carboxylic acids is 1. The predicted molar refractivity (Wildman–Crippen MR) is 73.7 cm³/mol. The molecule has 21 heavy (non-hydrogen) atoms. The lowest BCUT2D eigenvalue weighted by atomic mass is 10.1. The molecule has 0 aromatic heterocycles. The monoisotopic (exact) mass is 296 g/mol. The van der Waals surface area contributed by atoms with Crippen molar-refractivity contribution in [1.29, 1.82) is 0 Å². The maximum Gasteiger partial charge on any atom is 0.335 e. The quantitative estimate of drug-likeness (QED) is 0.626. The second kappa shape index (κ2) is 6.06. The Bertz CT molecular complexity index is 562. The van der Waals surface area contributed by atoms with Gasteiger partial charge in [-0.25, -0.2) is 4.79 Å². The number of nitro groups is 1. The van der Waals surface area contributed by atoms with E-state index >= 15 is 0 Å². The number of aliphatic hydroxyl groups excluding tert-OH is 1. The molecule has 0 amide bonds. The number of hydrogen-bond donors (Lipinski definition) is 2. The van der Waals surface area contributed by atoms with Crippen LogP contribution in [-0.2, 0) is 4.74 Å². The summed E-state index contributed by atoms with van der Waals surface area (Å²) in [5.41, 5.74) is -0.0651. The Balaban J connectivity index is 2.41. The molecule has 1 fully saturated rings. The van der Waals surface area contributed by atoms with Crippen molar-refractivity contribution >= 4 is 17.3 Å². The summed E-state index contributed by atoms with van der Waals surface area (Å²) in [7, 11) is 0. The van der Waals surface area contributed by atoms with Crippen molar-refractivity contribution in [3.63, 3.8) is 0 Å². The van der Waals surface area contributed by atoms with Crippen molar-refractivity contribution in [2.75, 3.05) is 24.7 Å². The van der Waals surface area contributed by atoms with E-state index in [1.54, 1.807) is 4.90 Å². The number of benzene rings is 1. The molecule has 1 aromatic carbocycles. The Labute approximate surface area is 120 Å². The lowest BCUT2D eigenvalue weighted by molar-refractivity contribution is -0.384. The first-order valence-corrected chi connectivity index (χ1v) is 6.45. The van der Waals surface area contributed by atoms with Crippen LogP contribution in [0.5, 0.6) is 0 Å². The van der Waals surface area contributed by atoms with Crippen LogP contribution in [0, 0.1) is 10.1 Å². The van der Waals surface area contributed by atoms with Gasteiger partial charge in [0, 0.05) is 18.7 Å². The Morgan fingerprint density at radius 3 is 2.86 bits per heavy atom. The first kappa shape index (κ1) is 15.2. The molecule has 2 N–H and O–H groups in total. The molecule has 0 saturated carbocycles. The van der Waals surface area contributed by atoms with Crippen LogP contribution < -0.4 is 4.90 Å². The van der Waals surface area contributed by atoms with Crippen molar-refractivity contribution in [2.24, 2.45) is 0 Å². The second-order valence-electron chi connectivity index (χ2n) is 4.91. The zero-order chi connectivity index (χ0) is 15.6. The number of nitro benzene ring substituents is 1. The van der Waals surface area contributed by atoms with Crippen molar-refractivity contribution in [2.45, 2.75) is 19.1 Å². The summed E-state index contributed by atoms with van der Waals surface area (Å²) in [6.07, 6.45) is -0.417.